The topological polar surface area (TPSA) is 525 Å². The minimum Gasteiger partial charge on any atom is -0.508 e. The molecule has 120 heavy (non-hydrogen) atoms. The first-order valence-corrected chi connectivity index (χ1v) is 41.4. The Kier molecular flexibility index (Phi) is 27.2. The average molecular weight is 1710 g/mol. The quantitative estimate of drug-likeness (QED) is 0.0478. The van der Waals surface area contributed by atoms with Crippen LogP contribution in [0.15, 0.2) is 78.9 Å². The summed E-state index contributed by atoms with van der Waals surface area (Å²) in [7, 11) is 1.49. The molecule has 0 aromatic heterocycles. The van der Waals surface area contributed by atoms with Crippen molar-refractivity contribution in [2.24, 2.45) is 35.3 Å². The molecule has 16 rings (SSSR count). The molecule has 5 aromatic carbocycles. The molecular weight excluding hydrogens is 1600 g/mol. The maximum absolute atomic E-state index is 16.6. The molecule has 7 aliphatic heterocycles. The minimum absolute atomic E-state index is 0.0633. The maximum Gasteiger partial charge on any atom is 0.248 e. The number of carbonyl (C=O) groups is 9. The molecule has 0 radical (unpaired) electrons. The van der Waals surface area contributed by atoms with E-state index in [9.17, 15) is 60.3 Å². The van der Waals surface area contributed by atoms with Crippen LogP contribution in [-0.2, 0) is 57.4 Å². The Balaban J connectivity index is 1.01. The van der Waals surface area contributed by atoms with E-state index in [2.05, 4.69) is 47.9 Å². The van der Waals surface area contributed by atoms with E-state index >= 15 is 28.8 Å². The average Bonchev–Trinajstić information content (AvgIpc) is 0.759. The van der Waals surface area contributed by atoms with Crippen molar-refractivity contribution in [2.75, 3.05) is 13.7 Å². The number of amides is 9. The molecule has 4 saturated carbocycles. The van der Waals surface area contributed by atoms with Gasteiger partial charge in [-0.25, -0.2) is 0 Å². The van der Waals surface area contributed by atoms with E-state index in [1.165, 1.54) is 45.2 Å². The van der Waals surface area contributed by atoms with E-state index in [0.717, 1.165) is 106 Å². The van der Waals surface area contributed by atoms with Crippen molar-refractivity contribution in [2.45, 2.75) is 240 Å². The number of imide groups is 1. The van der Waals surface area contributed by atoms with Gasteiger partial charge in [0.1, 0.15) is 95.5 Å². The fourth-order valence-corrected chi connectivity index (χ4v) is 18.5. The number of ether oxygens (including phenoxy) is 6. The van der Waals surface area contributed by atoms with Crippen molar-refractivity contribution in [1.82, 2.24) is 47.9 Å². The second-order valence-electron chi connectivity index (χ2n) is 33.5. The molecule has 34 nitrogen and oxygen atoms in total. The lowest BCUT2D eigenvalue weighted by atomic mass is 9.54. The van der Waals surface area contributed by atoms with Crippen molar-refractivity contribution in [3.05, 3.63) is 117 Å². The highest BCUT2D eigenvalue weighted by Crippen LogP contribution is 2.55. The number of halogens is 2. The van der Waals surface area contributed by atoms with E-state index in [4.69, 9.17) is 57.4 Å². The molecule has 36 heteroatoms. The lowest BCUT2D eigenvalue weighted by molar-refractivity contribution is -0.333. The van der Waals surface area contributed by atoms with Crippen LogP contribution in [0.3, 0.4) is 0 Å². The highest BCUT2D eigenvalue weighted by atomic mass is 35.5. The van der Waals surface area contributed by atoms with Gasteiger partial charge in [-0.1, -0.05) is 87.9 Å². The number of carbonyl (C=O) groups excluding carboxylic acids is 9. The van der Waals surface area contributed by atoms with Gasteiger partial charge in [0.25, 0.3) is 0 Å². The van der Waals surface area contributed by atoms with Crippen LogP contribution in [-0.4, -0.2) is 198 Å². The number of rotatable bonds is 20. The first-order chi connectivity index (χ1) is 57.1. The molecule has 18 atom stereocenters. The molecule has 17 unspecified atom stereocenters. The zero-order valence-corrected chi connectivity index (χ0v) is 68.4. The lowest BCUT2D eigenvalue weighted by Gasteiger charge is -2.54. The van der Waals surface area contributed by atoms with Crippen molar-refractivity contribution in [3.8, 4) is 57.1 Å². The highest BCUT2D eigenvalue weighted by molar-refractivity contribution is 6.32. The fourth-order valence-electron chi connectivity index (χ4n) is 18.1. The van der Waals surface area contributed by atoms with E-state index < -0.39 is 221 Å². The smallest absolute Gasteiger partial charge is 0.248 e. The summed E-state index contributed by atoms with van der Waals surface area (Å²) in [5, 5.41) is 130. The minimum atomic E-state index is -2.38. The Bertz CT molecular complexity index is 4700. The number of aromatic hydroxyl groups is 3. The summed E-state index contributed by atoms with van der Waals surface area (Å²) in [5.74, 6) is -14.0. The van der Waals surface area contributed by atoms with Gasteiger partial charge >= 0.3 is 0 Å². The molecule has 648 valence electrons. The number of phenols is 3. The molecular formula is C84H104Cl2N10O24. The Morgan fingerprint density at radius 3 is 1.89 bits per heavy atom. The highest BCUT2D eigenvalue weighted by Gasteiger charge is 2.53. The predicted octanol–water partition coefficient (Wildman–Crippen LogP) is 4.48. The first-order valence-electron chi connectivity index (χ1n) is 40.7. The number of nitrogens with one attached hydrogen (secondary N) is 9. The molecule has 6 fully saturated rings. The van der Waals surface area contributed by atoms with Gasteiger partial charge in [0.2, 0.25) is 65.2 Å². The van der Waals surface area contributed by atoms with Gasteiger partial charge in [-0.2, -0.15) is 0 Å². The van der Waals surface area contributed by atoms with Gasteiger partial charge in [-0.05, 0) is 178 Å². The Morgan fingerprint density at radius 1 is 0.658 bits per heavy atom. The molecule has 7 heterocycles. The SMILES string of the molecule is CCCCCCCC(=O)NC(=O)CC1NC(=O)C(NC(=O)C(CC(C)C)NC)C(O)c2ccc(c(Cl)c2)Oc2cc3cc(c2OC2OC(CO)C(O)C(O)C2OC2CC(C)(N)C(O)C(C)O2)Oc2ccc(cc2Cl)C(O)C2NC(=O)C(NC(=O)C3NC1=O)c1ccc(O)c(c1)-c1c(O)cc(O)cc1[C@@H](C(=O)NC1C3CC4CC(C3)CC1C4)NC2=O. The van der Waals surface area contributed by atoms with Crippen molar-refractivity contribution in [1.29, 1.82) is 0 Å². The van der Waals surface area contributed by atoms with Gasteiger partial charge in [-0.15, -0.1) is 0 Å². The summed E-state index contributed by atoms with van der Waals surface area (Å²) in [5.41, 5.74) is 3.02. The van der Waals surface area contributed by atoms with Crippen molar-refractivity contribution < 1.29 is 118 Å². The third kappa shape index (κ3) is 19.2. The van der Waals surface area contributed by atoms with Crippen molar-refractivity contribution >= 4 is 76.4 Å². The number of benzene rings is 5. The number of hydrogen-bond acceptors (Lipinski definition) is 26. The third-order valence-corrected chi connectivity index (χ3v) is 24.7. The maximum atomic E-state index is 16.6. The fraction of sp³-hybridized carbons (Fsp3) is 0.536. The number of aliphatic hydroxyl groups is 6. The van der Waals surface area contributed by atoms with Gasteiger partial charge in [0.05, 0.1) is 41.3 Å². The summed E-state index contributed by atoms with van der Waals surface area (Å²) < 4.78 is 39.0. The molecule has 11 aliphatic rings. The first kappa shape index (κ1) is 88.3. The van der Waals surface area contributed by atoms with Crippen LogP contribution < -0.4 is 67.8 Å². The molecule has 15 bridgehead atoms. The van der Waals surface area contributed by atoms with Crippen LogP contribution in [0.5, 0.6) is 46.0 Å². The summed E-state index contributed by atoms with van der Waals surface area (Å²) in [6, 6.07) is 0.223. The number of nitrogens with two attached hydrogens (primary N) is 1. The number of hydrogen-bond donors (Lipinski definition) is 19. The van der Waals surface area contributed by atoms with Crippen LogP contribution in [0.1, 0.15) is 183 Å². The van der Waals surface area contributed by atoms with Crippen LogP contribution in [0, 0.1) is 29.6 Å². The second-order valence-corrected chi connectivity index (χ2v) is 34.3. The zero-order chi connectivity index (χ0) is 86.2. The summed E-state index contributed by atoms with van der Waals surface area (Å²) in [6.45, 7) is 7.72. The third-order valence-electron chi connectivity index (χ3n) is 24.1. The second kappa shape index (κ2) is 37.0. The van der Waals surface area contributed by atoms with Gasteiger partial charge < -0.3 is 123 Å². The lowest BCUT2D eigenvalue weighted by Crippen LogP contribution is -2.64. The molecule has 5 aromatic rings. The van der Waals surface area contributed by atoms with Gasteiger partial charge in [-0.3, -0.25) is 48.5 Å². The number of phenolic OH excluding ortho intramolecular Hbond substituents is 3. The van der Waals surface area contributed by atoms with Crippen LogP contribution in [0.2, 0.25) is 10.0 Å². The van der Waals surface area contributed by atoms with E-state index in [1.807, 2.05) is 20.8 Å². The number of unbranched alkanes of at least 4 members (excludes halogenated alkanes) is 4. The molecule has 2 saturated heterocycles. The zero-order valence-electron chi connectivity index (χ0n) is 66.9. The molecule has 20 N–H and O–H groups in total. The van der Waals surface area contributed by atoms with Gasteiger partial charge in [0, 0.05) is 41.6 Å². The Labute approximate surface area is 700 Å². The largest absolute Gasteiger partial charge is 0.508 e. The molecule has 0 spiro atoms. The van der Waals surface area contributed by atoms with Crippen LogP contribution >= 0.6 is 23.2 Å². The number of likely N-dealkylation sites (N-methyl/N-ethyl adjacent to an activating group) is 1. The van der Waals surface area contributed by atoms with Gasteiger partial charge in [0.15, 0.2) is 23.9 Å². The van der Waals surface area contributed by atoms with Crippen LogP contribution in [0.4, 0.5) is 0 Å². The normalized spacial score (nSPS) is 31.2. The molecule has 9 amide bonds. The van der Waals surface area contributed by atoms with E-state index in [-0.39, 0.29) is 93.0 Å². The summed E-state index contributed by atoms with van der Waals surface area (Å²) >= 11 is 14.5. The Hall–Kier alpha value is -9.53. The summed E-state index contributed by atoms with van der Waals surface area (Å²) in [4.78, 5) is 138. The van der Waals surface area contributed by atoms with Crippen LogP contribution in [0.25, 0.3) is 11.1 Å². The monoisotopic (exact) mass is 1710 g/mol. The predicted molar refractivity (Wildman–Crippen MR) is 428 cm³/mol. The van der Waals surface area contributed by atoms with E-state index in [1.54, 1.807) is 0 Å². The Morgan fingerprint density at radius 2 is 1.27 bits per heavy atom. The number of aliphatic hydroxyl groups excluding tert-OH is 6. The summed E-state index contributed by atoms with van der Waals surface area (Å²) in [6.07, 6.45) is -10.9. The molecule has 4 aliphatic carbocycles. The van der Waals surface area contributed by atoms with Crippen molar-refractivity contribution in [3.63, 3.8) is 0 Å². The number of fused-ring (bicyclic) bond motifs is 15. The standard InChI is InChI=1S/C84H104Cl2N10O24/c1-7-8-9-10-11-12-59(101)90-60(102)32-51-77(109)92-65-44-28-56(116-54-17-14-40(26-48(54)85)69(103)67(81(113)89-51)95-76(108)50(88-6)19-35(2)3)73(120-83-74(72(106)71(105)58(34-97)118-83)119-61-33-84(5,87)75(107)36(4)115-61)57(29-44)117-55-18-15-41(27-49(55)86)70(104)68-82(114)94-66(80(112)91-63-42-21-37-20-38(23-42)24-43(63)22-37)47-30-45(98)31-53(100)62(47)46-25-39(13-16-52(46)99)64(78(110)96-68)93-79(65)111/h13-18,25-31,35-38,42-43,50-51,58,61,63-72,74-75,83,88,97-100,103-107H,7-12,19-24,32-34,87H2,1-6H3,(H,89,113)(H,91,112)(H,92,109)(H,93,111)(H,94,114)(H,95,108)(H,96,110)(H,90,101,102)/t36?,37?,38?,42?,43?,50?,51?,58?,61?,63?,64?,65?,66-,67?,68?,69?,70?,71?,72?,74?,75?,83?,84?/m0/s1. The van der Waals surface area contributed by atoms with E-state index in [0.29, 0.717) is 24.7 Å².